The molecule has 0 amide bonds. The quantitative estimate of drug-likeness (QED) is 0.164. The standard InChI is InChI=1S/C70H66BN3O/c1-41-32-45(50-26-21-29-63-64(50)52-25-18-20-28-62(52)75-63)33-42(2)66(41)73-57-31-30-46(68(5,6)7)36-54(57)71-55-39-53-51-24-17-19-27-56(51)72(49-22-15-14-16-23-49)58(53)40-59(55)74(61-38-48(70(11,12)13)37-60(73)65(61)71)67-43(3)34-47(35-44(67)4)69(8,9)10/h14-40H,1-13H3. The summed E-state index contributed by atoms with van der Waals surface area (Å²) in [5, 5.41) is 4.82. The molecule has 9 aromatic carbocycles. The van der Waals surface area contributed by atoms with E-state index in [1.807, 2.05) is 0 Å². The molecule has 2 aliphatic rings. The molecule has 5 heteroatoms. The Balaban J connectivity index is 1.15. The Morgan fingerprint density at radius 3 is 1.60 bits per heavy atom. The van der Waals surface area contributed by atoms with Crippen LogP contribution in [0.5, 0.6) is 0 Å². The Bertz CT molecular complexity index is 4140. The number of aryl methyl sites for hydroxylation is 4. The van der Waals surface area contributed by atoms with Crippen molar-refractivity contribution in [2.45, 2.75) is 106 Å². The molecule has 0 atom stereocenters. The second kappa shape index (κ2) is 16.4. The summed E-state index contributed by atoms with van der Waals surface area (Å²) in [4.78, 5) is 5.33. The number of para-hydroxylation sites is 3. The van der Waals surface area contributed by atoms with E-state index in [-0.39, 0.29) is 23.0 Å². The van der Waals surface area contributed by atoms with E-state index in [0.717, 1.165) is 27.6 Å². The Kier molecular flexibility index (Phi) is 10.3. The van der Waals surface area contributed by atoms with Gasteiger partial charge in [0.15, 0.2) is 0 Å². The van der Waals surface area contributed by atoms with Crippen LogP contribution in [-0.2, 0) is 16.2 Å². The van der Waals surface area contributed by atoms with Gasteiger partial charge in [-0.15, -0.1) is 0 Å². The van der Waals surface area contributed by atoms with E-state index in [0.29, 0.717) is 0 Å². The molecule has 0 spiro atoms. The predicted molar refractivity (Wildman–Crippen MR) is 323 cm³/mol. The minimum atomic E-state index is -0.168. The smallest absolute Gasteiger partial charge is 0.252 e. The molecule has 4 nitrogen and oxygen atoms in total. The first-order valence-electron chi connectivity index (χ1n) is 27.0. The van der Waals surface area contributed by atoms with Gasteiger partial charge >= 0.3 is 0 Å². The molecule has 370 valence electrons. The molecule has 0 bridgehead atoms. The molecule has 11 aromatic rings. The lowest BCUT2D eigenvalue weighted by Crippen LogP contribution is -2.61. The van der Waals surface area contributed by atoms with E-state index in [1.165, 1.54) is 122 Å². The molecule has 75 heavy (non-hydrogen) atoms. The Morgan fingerprint density at radius 2 is 0.947 bits per heavy atom. The van der Waals surface area contributed by atoms with Crippen LogP contribution in [0.4, 0.5) is 34.1 Å². The summed E-state index contributed by atoms with van der Waals surface area (Å²) < 4.78 is 8.92. The van der Waals surface area contributed by atoms with E-state index >= 15 is 0 Å². The van der Waals surface area contributed by atoms with Gasteiger partial charge in [-0.25, -0.2) is 0 Å². The van der Waals surface area contributed by atoms with Gasteiger partial charge in [0.05, 0.1) is 22.4 Å². The molecule has 0 radical (unpaired) electrons. The van der Waals surface area contributed by atoms with Gasteiger partial charge in [-0.1, -0.05) is 159 Å². The summed E-state index contributed by atoms with van der Waals surface area (Å²) in [5.41, 5.74) is 27.9. The molecule has 4 heterocycles. The van der Waals surface area contributed by atoms with Gasteiger partial charge in [0.2, 0.25) is 0 Å². The molecule has 0 unspecified atom stereocenters. The molecule has 0 N–H and O–H groups in total. The SMILES string of the molecule is Cc1cc(-c2cccc3oc4ccccc4c23)cc(C)c1N1c2ccc(C(C)(C)C)cc2B2c3cc4c5ccccc5n(-c5ccccc5)c4cc3N(c3c(C)cc(C(C)(C)C)cc3C)c3cc(C(C)(C)C)cc1c32. The van der Waals surface area contributed by atoms with Crippen molar-refractivity contribution < 1.29 is 4.42 Å². The molecule has 2 aromatic heterocycles. The van der Waals surface area contributed by atoms with E-state index in [4.69, 9.17) is 4.42 Å². The number of nitrogens with zero attached hydrogens (tertiary/aromatic N) is 3. The van der Waals surface area contributed by atoms with Crippen LogP contribution >= 0.6 is 0 Å². The van der Waals surface area contributed by atoms with Crippen molar-refractivity contribution in [1.82, 2.24) is 4.57 Å². The maximum atomic E-state index is 6.44. The number of anilines is 6. The van der Waals surface area contributed by atoms with E-state index in [9.17, 15) is 0 Å². The highest BCUT2D eigenvalue weighted by molar-refractivity contribution is 7.00. The molecule has 13 rings (SSSR count). The molecule has 0 fully saturated rings. The average Bonchev–Trinajstić information content (AvgIpc) is 3.99. The van der Waals surface area contributed by atoms with Gasteiger partial charge in [0.25, 0.3) is 6.71 Å². The number of hydrogen-bond acceptors (Lipinski definition) is 3. The maximum absolute atomic E-state index is 6.44. The van der Waals surface area contributed by atoms with Crippen LogP contribution in [0.25, 0.3) is 60.6 Å². The van der Waals surface area contributed by atoms with Crippen molar-refractivity contribution in [3.8, 4) is 16.8 Å². The van der Waals surface area contributed by atoms with Crippen LogP contribution in [0.1, 0.15) is 101 Å². The molecule has 2 aliphatic heterocycles. The molecular formula is C70H66BN3O. The van der Waals surface area contributed by atoms with E-state index < -0.39 is 0 Å². The van der Waals surface area contributed by atoms with Gasteiger partial charge in [0, 0.05) is 50.0 Å². The third-order valence-corrected chi connectivity index (χ3v) is 16.6. The summed E-state index contributed by atoms with van der Waals surface area (Å²) in [6.45, 7) is 30.4. The van der Waals surface area contributed by atoms with E-state index in [2.05, 4.69) is 268 Å². The number of hydrogen-bond donors (Lipinski definition) is 0. The monoisotopic (exact) mass is 976 g/mol. The van der Waals surface area contributed by atoms with Gasteiger partial charge in [0.1, 0.15) is 11.2 Å². The number of fused-ring (bicyclic) bond motifs is 10. The zero-order valence-electron chi connectivity index (χ0n) is 45.9. The highest BCUT2D eigenvalue weighted by atomic mass is 16.3. The average molecular weight is 976 g/mol. The first kappa shape index (κ1) is 47.0. The summed E-state index contributed by atoms with van der Waals surface area (Å²) >= 11 is 0. The summed E-state index contributed by atoms with van der Waals surface area (Å²) in [5.74, 6) is 0. The summed E-state index contributed by atoms with van der Waals surface area (Å²) in [6.07, 6.45) is 0. The van der Waals surface area contributed by atoms with Crippen LogP contribution in [0, 0.1) is 27.7 Å². The van der Waals surface area contributed by atoms with Gasteiger partial charge < -0.3 is 18.8 Å². The Labute approximate surface area is 443 Å². The highest BCUT2D eigenvalue weighted by Crippen LogP contribution is 2.51. The summed E-state index contributed by atoms with van der Waals surface area (Å²) in [6, 6.07) is 62.2. The molecular weight excluding hydrogens is 910 g/mol. The fourth-order valence-electron chi connectivity index (χ4n) is 12.9. The van der Waals surface area contributed by atoms with Crippen molar-refractivity contribution in [3.05, 3.63) is 203 Å². The third-order valence-electron chi connectivity index (χ3n) is 16.6. The minimum Gasteiger partial charge on any atom is -0.456 e. The zero-order valence-corrected chi connectivity index (χ0v) is 45.9. The zero-order chi connectivity index (χ0) is 52.2. The lowest BCUT2D eigenvalue weighted by Gasteiger charge is -2.46. The predicted octanol–water partition coefficient (Wildman–Crippen LogP) is 17.6. The van der Waals surface area contributed by atoms with Crippen molar-refractivity contribution in [1.29, 1.82) is 0 Å². The molecule has 0 saturated carbocycles. The van der Waals surface area contributed by atoms with Crippen LogP contribution < -0.4 is 26.2 Å². The molecule has 0 aliphatic carbocycles. The summed E-state index contributed by atoms with van der Waals surface area (Å²) in [7, 11) is 0. The lowest BCUT2D eigenvalue weighted by molar-refractivity contribution is 0.589. The number of benzene rings is 9. The van der Waals surface area contributed by atoms with Gasteiger partial charge in [-0.3, -0.25) is 0 Å². The minimum absolute atomic E-state index is 0.00782. The van der Waals surface area contributed by atoms with Crippen LogP contribution in [0.15, 0.2) is 168 Å². The first-order valence-corrected chi connectivity index (χ1v) is 27.0. The fraction of sp³-hybridized carbons (Fsp3) is 0.229. The lowest BCUT2D eigenvalue weighted by atomic mass is 9.33. The van der Waals surface area contributed by atoms with Crippen molar-refractivity contribution in [2.75, 3.05) is 9.80 Å². The normalized spacial score (nSPS) is 13.6. The number of aromatic nitrogens is 1. The Hall–Kier alpha value is -7.76. The van der Waals surface area contributed by atoms with Crippen LogP contribution in [-0.4, -0.2) is 11.3 Å². The third kappa shape index (κ3) is 7.17. The highest BCUT2D eigenvalue weighted by Gasteiger charge is 2.46. The van der Waals surface area contributed by atoms with Crippen molar-refractivity contribution in [3.63, 3.8) is 0 Å². The van der Waals surface area contributed by atoms with Gasteiger partial charge in [-0.05, 0) is 177 Å². The van der Waals surface area contributed by atoms with Crippen LogP contribution in [0.2, 0.25) is 0 Å². The number of rotatable bonds is 4. The maximum Gasteiger partial charge on any atom is 0.252 e. The van der Waals surface area contributed by atoms with Crippen molar-refractivity contribution >= 4 is 101 Å². The van der Waals surface area contributed by atoms with Crippen LogP contribution in [0.3, 0.4) is 0 Å². The second-order valence-electron chi connectivity index (χ2n) is 24.9. The van der Waals surface area contributed by atoms with Gasteiger partial charge in [-0.2, -0.15) is 0 Å². The second-order valence-corrected chi connectivity index (χ2v) is 24.9. The first-order chi connectivity index (χ1) is 35.8. The topological polar surface area (TPSA) is 24.6 Å². The number of furan rings is 1. The molecule has 0 saturated heterocycles. The largest absolute Gasteiger partial charge is 0.456 e. The Morgan fingerprint density at radius 1 is 0.400 bits per heavy atom. The fourth-order valence-corrected chi connectivity index (χ4v) is 12.9. The van der Waals surface area contributed by atoms with E-state index in [1.54, 1.807) is 0 Å². The van der Waals surface area contributed by atoms with Crippen molar-refractivity contribution in [2.24, 2.45) is 0 Å².